The van der Waals surface area contributed by atoms with Gasteiger partial charge in [-0.2, -0.15) is 0 Å². The smallest absolute Gasteiger partial charge is 0.324 e. The van der Waals surface area contributed by atoms with Crippen molar-refractivity contribution in [2.75, 3.05) is 18.5 Å². The molecule has 0 unspecified atom stereocenters. The van der Waals surface area contributed by atoms with E-state index in [9.17, 15) is 9.59 Å². The number of nitrogens with zero attached hydrogens (tertiary/aromatic N) is 1. The van der Waals surface area contributed by atoms with Gasteiger partial charge in [0.25, 0.3) is 0 Å². The average molecular weight is 451 g/mol. The van der Waals surface area contributed by atoms with Crippen LogP contribution in [0.5, 0.6) is 0 Å². The zero-order valence-corrected chi connectivity index (χ0v) is 18.3. The molecule has 2 fully saturated rings. The maximum atomic E-state index is 12.8. The molecule has 7 nitrogen and oxygen atoms in total. The summed E-state index contributed by atoms with van der Waals surface area (Å²) in [5, 5.41) is 6.21. The normalized spacial score (nSPS) is 28.0. The first-order valence-electron chi connectivity index (χ1n) is 9.86. The summed E-state index contributed by atoms with van der Waals surface area (Å²) in [6, 6.07) is 7.36. The van der Waals surface area contributed by atoms with Crippen LogP contribution in [0.25, 0.3) is 0 Å². The molecule has 1 aromatic carbocycles. The van der Waals surface area contributed by atoms with Gasteiger partial charge in [-0.3, -0.25) is 9.59 Å². The van der Waals surface area contributed by atoms with Crippen LogP contribution >= 0.6 is 22.9 Å². The van der Waals surface area contributed by atoms with Crippen LogP contribution in [0.1, 0.15) is 38.8 Å². The predicted octanol–water partition coefficient (Wildman–Crippen LogP) is 4.43. The van der Waals surface area contributed by atoms with Crippen LogP contribution in [-0.4, -0.2) is 36.2 Å². The highest BCUT2D eigenvalue weighted by Gasteiger charge is 2.65. The molecule has 2 aromatic rings. The minimum atomic E-state index is -1.30. The molecule has 160 valence electrons. The van der Waals surface area contributed by atoms with E-state index in [1.54, 1.807) is 13.0 Å². The first-order valence-corrected chi connectivity index (χ1v) is 11.1. The van der Waals surface area contributed by atoms with Crippen LogP contribution in [-0.2, 0) is 29.4 Å². The molecule has 2 aliphatic heterocycles. The molecule has 3 atom stereocenters. The monoisotopic (exact) mass is 450 g/mol. The van der Waals surface area contributed by atoms with E-state index in [1.165, 1.54) is 11.3 Å². The molecule has 30 heavy (non-hydrogen) atoms. The summed E-state index contributed by atoms with van der Waals surface area (Å²) in [7, 11) is 0. The second kappa shape index (κ2) is 8.17. The van der Waals surface area contributed by atoms with Crippen LogP contribution in [0.4, 0.5) is 10.8 Å². The van der Waals surface area contributed by atoms with Crippen molar-refractivity contribution < 1.29 is 23.8 Å². The number of hydrogen-bond donors (Lipinski definition) is 1. The number of nitrogens with one attached hydrogen (secondary N) is 1. The molecule has 4 rings (SSSR count). The Morgan fingerprint density at radius 2 is 2.13 bits per heavy atom. The molecular weight excluding hydrogens is 428 g/mol. The SMILES string of the molecule is CCCOC[C@H]1C[C@@]2(C[C@@](C)(c3csc(Nc4ccccc4Cl)n3)OC2=O)C(=O)O1. The molecule has 1 aromatic heterocycles. The van der Waals surface area contributed by atoms with Gasteiger partial charge in [0.1, 0.15) is 6.10 Å². The summed E-state index contributed by atoms with van der Waals surface area (Å²) in [5.41, 5.74) is -0.980. The average Bonchev–Trinajstić information content (AvgIpc) is 3.36. The Kier molecular flexibility index (Phi) is 5.74. The van der Waals surface area contributed by atoms with Crippen LogP contribution in [0.3, 0.4) is 0 Å². The third kappa shape index (κ3) is 3.79. The number of thiazole rings is 1. The highest BCUT2D eigenvalue weighted by molar-refractivity contribution is 7.13. The molecular formula is C21H23ClN2O5S. The topological polar surface area (TPSA) is 86.8 Å². The first-order chi connectivity index (χ1) is 14.4. The van der Waals surface area contributed by atoms with E-state index in [1.807, 2.05) is 30.5 Å². The van der Waals surface area contributed by atoms with Crippen molar-refractivity contribution in [2.45, 2.75) is 44.8 Å². The number of hydrogen-bond acceptors (Lipinski definition) is 8. The van der Waals surface area contributed by atoms with Crippen molar-refractivity contribution in [1.29, 1.82) is 0 Å². The van der Waals surface area contributed by atoms with Crippen LogP contribution in [0.2, 0.25) is 5.02 Å². The summed E-state index contributed by atoms with van der Waals surface area (Å²) < 4.78 is 16.6. The summed E-state index contributed by atoms with van der Waals surface area (Å²) in [6.45, 7) is 4.66. The molecule has 0 aliphatic carbocycles. The lowest BCUT2D eigenvalue weighted by Crippen LogP contribution is -2.32. The van der Waals surface area contributed by atoms with Crippen molar-refractivity contribution in [3.05, 3.63) is 40.4 Å². The summed E-state index contributed by atoms with van der Waals surface area (Å²) in [5.74, 6) is -1.09. The molecule has 1 spiro atoms. The minimum Gasteiger partial charge on any atom is -0.459 e. The Balaban J connectivity index is 1.50. The summed E-state index contributed by atoms with van der Waals surface area (Å²) >= 11 is 7.57. The predicted molar refractivity (Wildman–Crippen MR) is 113 cm³/mol. The van der Waals surface area contributed by atoms with E-state index < -0.39 is 29.1 Å². The molecule has 0 amide bonds. The van der Waals surface area contributed by atoms with Crippen molar-refractivity contribution >= 4 is 45.7 Å². The lowest BCUT2D eigenvalue weighted by atomic mass is 9.78. The van der Waals surface area contributed by atoms with Crippen LogP contribution in [0.15, 0.2) is 29.6 Å². The number of cyclic esters (lactones) is 2. The maximum Gasteiger partial charge on any atom is 0.324 e. The third-order valence-corrected chi connectivity index (χ3v) is 6.49. The largest absolute Gasteiger partial charge is 0.459 e. The van der Waals surface area contributed by atoms with E-state index in [0.717, 1.165) is 12.1 Å². The highest BCUT2D eigenvalue weighted by atomic mass is 35.5. The van der Waals surface area contributed by atoms with Gasteiger partial charge in [0.15, 0.2) is 16.1 Å². The number of esters is 2. The number of halogens is 1. The van der Waals surface area contributed by atoms with Gasteiger partial charge in [-0.05, 0) is 25.5 Å². The van der Waals surface area contributed by atoms with E-state index in [2.05, 4.69) is 10.3 Å². The van der Waals surface area contributed by atoms with Gasteiger partial charge >= 0.3 is 11.9 Å². The van der Waals surface area contributed by atoms with Crippen molar-refractivity contribution in [3.63, 3.8) is 0 Å². The molecule has 0 radical (unpaired) electrons. The lowest BCUT2D eigenvalue weighted by molar-refractivity contribution is -0.160. The quantitative estimate of drug-likeness (QED) is 0.379. The molecule has 9 heteroatoms. The van der Waals surface area contributed by atoms with Crippen molar-refractivity contribution in [2.24, 2.45) is 5.41 Å². The Hall–Kier alpha value is -2.16. The maximum absolute atomic E-state index is 12.8. The number of benzene rings is 1. The van der Waals surface area contributed by atoms with Crippen molar-refractivity contribution in [1.82, 2.24) is 4.98 Å². The van der Waals surface area contributed by atoms with Gasteiger partial charge in [0.05, 0.1) is 23.0 Å². The van der Waals surface area contributed by atoms with Crippen LogP contribution < -0.4 is 5.32 Å². The zero-order valence-electron chi connectivity index (χ0n) is 16.8. The van der Waals surface area contributed by atoms with E-state index in [4.69, 9.17) is 25.8 Å². The second-order valence-corrected chi connectivity index (χ2v) is 9.09. The molecule has 2 aliphatic rings. The second-order valence-electron chi connectivity index (χ2n) is 7.83. The zero-order chi connectivity index (χ0) is 21.4. The standard InChI is InChI=1S/C21H23ClN2O5S/c1-3-8-27-10-13-9-21(17(25)28-13)12-20(2,29-18(21)26)16-11-30-19(24-16)23-15-7-5-4-6-14(15)22/h4-7,11,13H,3,8-10,12H2,1-2H3,(H,23,24)/t13-,20+,21-/m1/s1. The lowest BCUT2D eigenvalue weighted by Gasteiger charge is -2.20. The Morgan fingerprint density at radius 3 is 2.90 bits per heavy atom. The first kappa shape index (κ1) is 21.1. The van der Waals surface area contributed by atoms with Gasteiger partial charge in [-0.15, -0.1) is 11.3 Å². The fourth-order valence-electron chi connectivity index (χ4n) is 3.92. The Morgan fingerprint density at radius 1 is 1.33 bits per heavy atom. The van der Waals surface area contributed by atoms with Crippen molar-refractivity contribution in [3.8, 4) is 0 Å². The molecule has 0 bridgehead atoms. The molecule has 0 saturated carbocycles. The minimum absolute atomic E-state index is 0.192. The number of rotatable bonds is 7. The number of carbonyl (C=O) groups is 2. The number of carbonyl (C=O) groups excluding carboxylic acids is 2. The van der Waals surface area contributed by atoms with Gasteiger partial charge in [-0.1, -0.05) is 30.7 Å². The fraction of sp³-hybridized carbons (Fsp3) is 0.476. The highest BCUT2D eigenvalue weighted by Crippen LogP contribution is 2.52. The molecule has 2 saturated heterocycles. The summed E-state index contributed by atoms with van der Waals surface area (Å²) in [6.07, 6.45) is 0.892. The van der Waals surface area contributed by atoms with Gasteiger partial charge in [0, 0.05) is 24.8 Å². The van der Waals surface area contributed by atoms with E-state index >= 15 is 0 Å². The fourth-order valence-corrected chi connectivity index (χ4v) is 4.95. The number of anilines is 2. The Labute approximate surface area is 183 Å². The molecule has 3 heterocycles. The summed E-state index contributed by atoms with van der Waals surface area (Å²) in [4.78, 5) is 30.0. The number of para-hydroxylation sites is 1. The van der Waals surface area contributed by atoms with Gasteiger partial charge < -0.3 is 19.5 Å². The molecule has 1 N–H and O–H groups in total. The third-order valence-electron chi connectivity index (χ3n) is 5.40. The Bertz CT molecular complexity index is 966. The van der Waals surface area contributed by atoms with E-state index in [-0.39, 0.29) is 19.4 Å². The number of ether oxygens (including phenoxy) is 3. The number of aromatic nitrogens is 1. The van der Waals surface area contributed by atoms with Gasteiger partial charge in [0.2, 0.25) is 0 Å². The van der Waals surface area contributed by atoms with Crippen LogP contribution in [0, 0.1) is 5.41 Å². The van der Waals surface area contributed by atoms with Gasteiger partial charge in [-0.25, -0.2) is 4.98 Å². The van der Waals surface area contributed by atoms with E-state index in [0.29, 0.717) is 22.5 Å².